The SMILES string of the molecule is CC(=O)N1c2ccc(-c3cnn(CCO)c3)cc2N(C(=O)Oc2ccc(F)cc2)C[C@@H]1C. The molecule has 8 nitrogen and oxygen atoms in total. The highest BCUT2D eigenvalue weighted by atomic mass is 19.1. The van der Waals surface area contributed by atoms with Crippen molar-refractivity contribution in [3.05, 3.63) is 60.7 Å². The number of amides is 2. The lowest BCUT2D eigenvalue weighted by Crippen LogP contribution is -2.52. The maximum Gasteiger partial charge on any atom is 0.419 e. The van der Waals surface area contributed by atoms with E-state index < -0.39 is 11.9 Å². The summed E-state index contributed by atoms with van der Waals surface area (Å²) < 4.78 is 20.3. The topological polar surface area (TPSA) is 87.9 Å². The summed E-state index contributed by atoms with van der Waals surface area (Å²) in [7, 11) is 0. The molecule has 4 rings (SSSR count). The lowest BCUT2D eigenvalue weighted by molar-refractivity contribution is -0.117. The Bertz CT molecular complexity index is 1150. The van der Waals surface area contributed by atoms with Gasteiger partial charge in [-0.3, -0.25) is 14.4 Å². The number of hydrogen-bond acceptors (Lipinski definition) is 5. The molecule has 1 aliphatic rings. The van der Waals surface area contributed by atoms with Gasteiger partial charge < -0.3 is 14.7 Å². The highest BCUT2D eigenvalue weighted by Crippen LogP contribution is 2.39. The number of aromatic nitrogens is 2. The number of fused-ring (bicyclic) bond motifs is 1. The van der Waals surface area contributed by atoms with Crippen LogP contribution in [0.2, 0.25) is 0 Å². The summed E-state index contributed by atoms with van der Waals surface area (Å²) in [6.45, 7) is 3.92. The van der Waals surface area contributed by atoms with E-state index in [2.05, 4.69) is 5.10 Å². The van der Waals surface area contributed by atoms with Gasteiger partial charge in [0.05, 0.1) is 36.8 Å². The number of ether oxygens (including phenoxy) is 1. The van der Waals surface area contributed by atoms with Crippen molar-refractivity contribution in [2.45, 2.75) is 26.4 Å². The summed E-state index contributed by atoms with van der Waals surface area (Å²) in [5, 5.41) is 13.3. The Morgan fingerprint density at radius 1 is 1.16 bits per heavy atom. The molecule has 0 fully saturated rings. The molecular formula is C23H23FN4O4. The summed E-state index contributed by atoms with van der Waals surface area (Å²) in [6.07, 6.45) is 2.85. The van der Waals surface area contributed by atoms with Crippen LogP contribution in [0.25, 0.3) is 11.1 Å². The Balaban J connectivity index is 1.72. The zero-order valence-electron chi connectivity index (χ0n) is 17.7. The molecule has 1 aromatic heterocycles. The molecule has 0 radical (unpaired) electrons. The van der Waals surface area contributed by atoms with E-state index >= 15 is 0 Å². The normalized spacial score (nSPS) is 15.4. The van der Waals surface area contributed by atoms with E-state index in [0.717, 1.165) is 11.1 Å². The van der Waals surface area contributed by atoms with Crippen molar-refractivity contribution in [2.75, 3.05) is 23.0 Å². The van der Waals surface area contributed by atoms with Crippen LogP contribution in [0.5, 0.6) is 5.75 Å². The summed E-state index contributed by atoms with van der Waals surface area (Å²) in [5.74, 6) is -0.333. The maximum atomic E-state index is 13.2. The van der Waals surface area contributed by atoms with E-state index in [4.69, 9.17) is 9.84 Å². The minimum atomic E-state index is -0.624. The van der Waals surface area contributed by atoms with Crippen LogP contribution < -0.4 is 14.5 Å². The van der Waals surface area contributed by atoms with Crippen LogP contribution in [-0.4, -0.2) is 46.1 Å². The zero-order valence-corrected chi connectivity index (χ0v) is 17.7. The third-order valence-corrected chi connectivity index (χ3v) is 5.29. The lowest BCUT2D eigenvalue weighted by atomic mass is 10.0. The summed E-state index contributed by atoms with van der Waals surface area (Å²) in [6, 6.07) is 10.4. The predicted molar refractivity (Wildman–Crippen MR) is 117 cm³/mol. The second-order valence-electron chi connectivity index (χ2n) is 7.59. The molecule has 2 amide bonds. The molecule has 2 heterocycles. The first-order chi connectivity index (χ1) is 15.4. The number of aliphatic hydroxyl groups is 1. The van der Waals surface area contributed by atoms with Crippen molar-refractivity contribution in [1.29, 1.82) is 0 Å². The highest BCUT2D eigenvalue weighted by Gasteiger charge is 2.34. The first-order valence-electron chi connectivity index (χ1n) is 10.2. The Morgan fingerprint density at radius 2 is 1.91 bits per heavy atom. The van der Waals surface area contributed by atoms with Gasteiger partial charge in [0, 0.05) is 25.2 Å². The fourth-order valence-corrected chi connectivity index (χ4v) is 3.85. The van der Waals surface area contributed by atoms with Crippen LogP contribution in [0.1, 0.15) is 13.8 Å². The van der Waals surface area contributed by atoms with Crippen LogP contribution in [0, 0.1) is 5.82 Å². The Kier molecular flexibility index (Phi) is 5.91. The van der Waals surface area contributed by atoms with Crippen LogP contribution in [0.3, 0.4) is 0 Å². The summed E-state index contributed by atoms with van der Waals surface area (Å²) >= 11 is 0. The molecule has 166 valence electrons. The fourth-order valence-electron chi connectivity index (χ4n) is 3.85. The average Bonchev–Trinajstić information content (AvgIpc) is 3.23. The molecule has 1 N–H and O–H groups in total. The molecule has 0 spiro atoms. The molecule has 9 heteroatoms. The van der Waals surface area contributed by atoms with E-state index in [1.165, 1.54) is 36.1 Å². The monoisotopic (exact) mass is 438 g/mol. The molecule has 0 unspecified atom stereocenters. The second kappa shape index (κ2) is 8.80. The number of nitrogens with zero attached hydrogens (tertiary/aromatic N) is 4. The molecule has 1 atom stereocenters. The number of anilines is 2. The Labute approximate surface area is 184 Å². The van der Waals surface area contributed by atoms with E-state index in [-0.39, 0.29) is 30.9 Å². The Hall–Kier alpha value is -3.72. The van der Waals surface area contributed by atoms with Crippen molar-refractivity contribution >= 4 is 23.4 Å². The third-order valence-electron chi connectivity index (χ3n) is 5.29. The van der Waals surface area contributed by atoms with Crippen molar-refractivity contribution in [3.8, 4) is 16.9 Å². The Morgan fingerprint density at radius 3 is 2.59 bits per heavy atom. The quantitative estimate of drug-likeness (QED) is 0.674. The van der Waals surface area contributed by atoms with Gasteiger partial charge >= 0.3 is 6.09 Å². The minimum absolute atomic E-state index is 0.0280. The van der Waals surface area contributed by atoms with Crippen LogP contribution in [0.4, 0.5) is 20.6 Å². The van der Waals surface area contributed by atoms with E-state index in [0.29, 0.717) is 17.9 Å². The largest absolute Gasteiger partial charge is 0.419 e. The van der Waals surface area contributed by atoms with Gasteiger partial charge in [-0.15, -0.1) is 0 Å². The average molecular weight is 438 g/mol. The van der Waals surface area contributed by atoms with Gasteiger partial charge in [0.15, 0.2) is 0 Å². The second-order valence-corrected chi connectivity index (χ2v) is 7.59. The van der Waals surface area contributed by atoms with E-state index in [1.807, 2.05) is 19.1 Å². The van der Waals surface area contributed by atoms with Gasteiger partial charge in [0.2, 0.25) is 5.91 Å². The number of aliphatic hydroxyl groups excluding tert-OH is 1. The van der Waals surface area contributed by atoms with Crippen LogP contribution >= 0.6 is 0 Å². The van der Waals surface area contributed by atoms with Gasteiger partial charge in [0.1, 0.15) is 11.6 Å². The van der Waals surface area contributed by atoms with Crippen molar-refractivity contribution in [1.82, 2.24) is 9.78 Å². The maximum absolute atomic E-state index is 13.2. The predicted octanol–water partition coefficient (Wildman–Crippen LogP) is 3.44. The first kappa shape index (κ1) is 21.5. The smallest absolute Gasteiger partial charge is 0.410 e. The molecule has 3 aromatic rings. The number of carbonyl (C=O) groups is 2. The molecule has 32 heavy (non-hydrogen) atoms. The van der Waals surface area contributed by atoms with Gasteiger partial charge in [-0.05, 0) is 48.9 Å². The van der Waals surface area contributed by atoms with Gasteiger partial charge in [0.25, 0.3) is 0 Å². The van der Waals surface area contributed by atoms with Crippen molar-refractivity contribution in [3.63, 3.8) is 0 Å². The zero-order chi connectivity index (χ0) is 22.8. The first-order valence-corrected chi connectivity index (χ1v) is 10.2. The molecule has 0 saturated carbocycles. The number of carbonyl (C=O) groups excluding carboxylic acids is 2. The molecule has 0 bridgehead atoms. The van der Waals surface area contributed by atoms with Gasteiger partial charge in [-0.25, -0.2) is 9.18 Å². The van der Waals surface area contributed by atoms with E-state index in [9.17, 15) is 14.0 Å². The molecule has 1 aliphatic heterocycles. The van der Waals surface area contributed by atoms with Gasteiger partial charge in [-0.1, -0.05) is 6.07 Å². The highest BCUT2D eigenvalue weighted by molar-refractivity contribution is 6.03. The number of halogens is 1. The molecule has 0 saturated heterocycles. The summed E-state index contributed by atoms with van der Waals surface area (Å²) in [5.41, 5.74) is 2.73. The van der Waals surface area contributed by atoms with Crippen LogP contribution in [-0.2, 0) is 11.3 Å². The molecule has 2 aromatic carbocycles. The number of rotatable bonds is 4. The van der Waals surface area contributed by atoms with Gasteiger partial charge in [-0.2, -0.15) is 5.10 Å². The third kappa shape index (κ3) is 4.19. The molecular weight excluding hydrogens is 415 g/mol. The summed E-state index contributed by atoms with van der Waals surface area (Å²) in [4.78, 5) is 28.5. The lowest BCUT2D eigenvalue weighted by Gasteiger charge is -2.40. The molecule has 0 aliphatic carbocycles. The fraction of sp³-hybridized carbons (Fsp3) is 0.261. The van der Waals surface area contributed by atoms with E-state index in [1.54, 1.807) is 28.0 Å². The number of benzene rings is 2. The van der Waals surface area contributed by atoms with Crippen molar-refractivity contribution < 1.29 is 23.8 Å². The van der Waals surface area contributed by atoms with Crippen LogP contribution in [0.15, 0.2) is 54.9 Å². The van der Waals surface area contributed by atoms with Crippen molar-refractivity contribution in [2.24, 2.45) is 0 Å². The standard InChI is InChI=1S/C23H23FN4O4/c1-15-13-27(23(31)32-20-6-4-19(24)5-7-20)22-11-17(3-8-21(22)28(15)16(2)30)18-12-25-26(14-18)9-10-29/h3-8,11-12,14-15,29H,9-10,13H2,1-2H3/t15-/m0/s1. The number of hydrogen-bond donors (Lipinski definition) is 1. The minimum Gasteiger partial charge on any atom is -0.410 e.